The van der Waals surface area contributed by atoms with Crippen molar-refractivity contribution in [1.29, 1.82) is 0 Å². The van der Waals surface area contributed by atoms with Gasteiger partial charge in [0.1, 0.15) is 0 Å². The average Bonchev–Trinajstić information content (AvgIpc) is 2.47. The molecular formula is C16H26N2O. The lowest BCUT2D eigenvalue weighted by atomic mass is 9.81. The molecule has 0 bridgehead atoms. The maximum atomic E-state index is 12.3. The van der Waals surface area contributed by atoms with E-state index in [2.05, 4.69) is 24.4 Å². The van der Waals surface area contributed by atoms with E-state index in [0.717, 1.165) is 19.3 Å². The topological polar surface area (TPSA) is 55.1 Å². The van der Waals surface area contributed by atoms with Crippen molar-refractivity contribution in [2.75, 3.05) is 6.54 Å². The summed E-state index contributed by atoms with van der Waals surface area (Å²) in [6.07, 6.45) is 2.54. The Kier molecular flexibility index (Phi) is 6.03. The highest BCUT2D eigenvalue weighted by atomic mass is 16.2. The van der Waals surface area contributed by atoms with Crippen LogP contribution in [0.5, 0.6) is 0 Å². The van der Waals surface area contributed by atoms with Gasteiger partial charge in [-0.05, 0) is 30.4 Å². The molecule has 0 aliphatic heterocycles. The average molecular weight is 262 g/mol. The van der Waals surface area contributed by atoms with Crippen LogP contribution in [0.25, 0.3) is 0 Å². The van der Waals surface area contributed by atoms with Crippen LogP contribution in [-0.4, -0.2) is 12.5 Å². The maximum Gasteiger partial charge on any atom is 0.227 e. The van der Waals surface area contributed by atoms with E-state index in [4.69, 9.17) is 5.73 Å². The first-order chi connectivity index (χ1) is 9.13. The molecule has 0 fully saturated rings. The quantitative estimate of drug-likeness (QED) is 0.793. The predicted molar refractivity (Wildman–Crippen MR) is 79.7 cm³/mol. The smallest absolute Gasteiger partial charge is 0.227 e. The lowest BCUT2D eigenvalue weighted by Gasteiger charge is -2.28. The number of benzene rings is 1. The van der Waals surface area contributed by atoms with Gasteiger partial charge >= 0.3 is 0 Å². The van der Waals surface area contributed by atoms with Gasteiger partial charge in [0.25, 0.3) is 0 Å². The first-order valence-electron chi connectivity index (χ1n) is 7.18. The zero-order chi connectivity index (χ0) is 14.3. The van der Waals surface area contributed by atoms with Gasteiger partial charge in [0.2, 0.25) is 5.91 Å². The maximum absolute atomic E-state index is 12.3. The molecule has 0 spiro atoms. The van der Waals surface area contributed by atoms with Crippen molar-refractivity contribution in [3.05, 3.63) is 35.4 Å². The molecule has 106 valence electrons. The molecule has 19 heavy (non-hydrogen) atoms. The minimum Gasteiger partial charge on any atom is -0.351 e. The lowest BCUT2D eigenvalue weighted by molar-refractivity contribution is -0.131. The van der Waals surface area contributed by atoms with Crippen LogP contribution >= 0.6 is 0 Å². The van der Waals surface area contributed by atoms with Gasteiger partial charge in [-0.3, -0.25) is 4.79 Å². The van der Waals surface area contributed by atoms with Gasteiger partial charge in [0.05, 0.1) is 5.41 Å². The molecule has 1 rings (SSSR count). The number of hydrogen-bond donors (Lipinski definition) is 2. The van der Waals surface area contributed by atoms with Gasteiger partial charge in [-0.2, -0.15) is 0 Å². The molecule has 0 saturated carbocycles. The molecule has 0 atom stereocenters. The van der Waals surface area contributed by atoms with Crippen LogP contribution < -0.4 is 11.1 Å². The van der Waals surface area contributed by atoms with Gasteiger partial charge in [-0.25, -0.2) is 0 Å². The normalized spacial score (nSPS) is 11.4. The van der Waals surface area contributed by atoms with Crippen LogP contribution in [0.4, 0.5) is 0 Å². The molecule has 0 saturated heterocycles. The number of carbonyl (C=O) groups is 1. The highest BCUT2D eigenvalue weighted by molar-refractivity contribution is 5.82. The van der Waals surface area contributed by atoms with Crippen molar-refractivity contribution in [2.24, 2.45) is 11.1 Å². The second-order valence-corrected chi connectivity index (χ2v) is 5.00. The third-order valence-corrected chi connectivity index (χ3v) is 4.16. The number of hydrogen-bond acceptors (Lipinski definition) is 2. The summed E-state index contributed by atoms with van der Waals surface area (Å²) in [6, 6.07) is 8.22. The summed E-state index contributed by atoms with van der Waals surface area (Å²) in [5.41, 5.74) is 7.86. The van der Waals surface area contributed by atoms with Crippen LogP contribution in [-0.2, 0) is 17.8 Å². The fraction of sp³-hybridized carbons (Fsp3) is 0.562. The molecule has 0 aromatic heterocycles. The third kappa shape index (κ3) is 3.57. The molecule has 0 heterocycles. The Morgan fingerprint density at radius 1 is 1.16 bits per heavy atom. The molecular weight excluding hydrogens is 236 g/mol. The van der Waals surface area contributed by atoms with Gasteiger partial charge in [0.15, 0.2) is 0 Å². The lowest BCUT2D eigenvalue weighted by Crippen LogP contribution is -2.45. The molecule has 0 aliphatic rings. The Morgan fingerprint density at radius 3 is 2.21 bits per heavy atom. The van der Waals surface area contributed by atoms with Crippen LogP contribution in [0.3, 0.4) is 0 Å². The summed E-state index contributed by atoms with van der Waals surface area (Å²) < 4.78 is 0. The fourth-order valence-electron chi connectivity index (χ4n) is 2.39. The minimum absolute atomic E-state index is 0.0749. The standard InChI is InChI=1S/C16H26N2O/c1-4-13-9-7-8-10-14(13)11-18-15(19)16(5-2,6-3)12-17/h7-10H,4-6,11-12,17H2,1-3H3,(H,18,19). The van der Waals surface area contributed by atoms with E-state index in [9.17, 15) is 4.79 Å². The van der Waals surface area contributed by atoms with Crippen LogP contribution in [0.1, 0.15) is 44.7 Å². The molecule has 0 unspecified atom stereocenters. The summed E-state index contributed by atoms with van der Waals surface area (Å²) >= 11 is 0. The Morgan fingerprint density at radius 2 is 1.74 bits per heavy atom. The Bertz CT molecular complexity index is 403. The molecule has 3 nitrogen and oxygen atoms in total. The third-order valence-electron chi connectivity index (χ3n) is 4.16. The number of nitrogens with two attached hydrogens (primary N) is 1. The Balaban J connectivity index is 2.73. The number of rotatable bonds is 7. The van der Waals surface area contributed by atoms with Gasteiger partial charge in [0, 0.05) is 13.1 Å². The largest absolute Gasteiger partial charge is 0.351 e. The van der Waals surface area contributed by atoms with Gasteiger partial charge < -0.3 is 11.1 Å². The molecule has 0 radical (unpaired) electrons. The molecule has 3 N–H and O–H groups in total. The first kappa shape index (κ1) is 15.7. The van der Waals surface area contributed by atoms with Crippen molar-refractivity contribution in [1.82, 2.24) is 5.32 Å². The number of carbonyl (C=O) groups excluding carboxylic acids is 1. The molecule has 1 aromatic rings. The Labute approximate surface area is 116 Å². The van der Waals surface area contributed by atoms with Crippen LogP contribution in [0.2, 0.25) is 0 Å². The second kappa shape index (κ2) is 7.29. The van der Waals surface area contributed by atoms with Crippen molar-refractivity contribution in [3.63, 3.8) is 0 Å². The zero-order valence-corrected chi connectivity index (χ0v) is 12.3. The molecule has 0 aliphatic carbocycles. The van der Waals surface area contributed by atoms with Crippen molar-refractivity contribution >= 4 is 5.91 Å². The number of amides is 1. The monoisotopic (exact) mass is 262 g/mol. The highest BCUT2D eigenvalue weighted by Gasteiger charge is 2.32. The molecule has 3 heteroatoms. The van der Waals surface area contributed by atoms with E-state index in [0.29, 0.717) is 13.1 Å². The highest BCUT2D eigenvalue weighted by Crippen LogP contribution is 2.25. The van der Waals surface area contributed by atoms with Gasteiger partial charge in [-0.15, -0.1) is 0 Å². The summed E-state index contributed by atoms with van der Waals surface area (Å²) in [5.74, 6) is 0.0749. The fourth-order valence-corrected chi connectivity index (χ4v) is 2.39. The molecule has 1 aromatic carbocycles. The van der Waals surface area contributed by atoms with E-state index in [1.54, 1.807) is 0 Å². The molecule has 1 amide bonds. The van der Waals surface area contributed by atoms with Gasteiger partial charge in [-0.1, -0.05) is 45.0 Å². The van der Waals surface area contributed by atoms with E-state index in [-0.39, 0.29) is 5.91 Å². The number of aryl methyl sites for hydroxylation is 1. The summed E-state index contributed by atoms with van der Waals surface area (Å²) in [5, 5.41) is 3.05. The summed E-state index contributed by atoms with van der Waals surface area (Å²) in [7, 11) is 0. The van der Waals surface area contributed by atoms with E-state index in [1.165, 1.54) is 11.1 Å². The minimum atomic E-state index is -0.416. The Hall–Kier alpha value is -1.35. The van der Waals surface area contributed by atoms with Crippen molar-refractivity contribution in [2.45, 2.75) is 46.6 Å². The van der Waals surface area contributed by atoms with Crippen molar-refractivity contribution in [3.8, 4) is 0 Å². The zero-order valence-electron chi connectivity index (χ0n) is 12.3. The van der Waals surface area contributed by atoms with Crippen LogP contribution in [0.15, 0.2) is 24.3 Å². The number of nitrogens with one attached hydrogen (secondary N) is 1. The SMILES string of the molecule is CCc1ccccc1CNC(=O)C(CC)(CC)CN. The first-order valence-corrected chi connectivity index (χ1v) is 7.18. The van der Waals surface area contributed by atoms with E-state index < -0.39 is 5.41 Å². The second-order valence-electron chi connectivity index (χ2n) is 5.00. The van der Waals surface area contributed by atoms with Crippen molar-refractivity contribution < 1.29 is 4.79 Å². The van der Waals surface area contributed by atoms with Crippen LogP contribution in [0, 0.1) is 5.41 Å². The van der Waals surface area contributed by atoms with E-state index in [1.807, 2.05) is 26.0 Å². The summed E-state index contributed by atoms with van der Waals surface area (Å²) in [4.78, 5) is 12.3. The van der Waals surface area contributed by atoms with E-state index >= 15 is 0 Å². The predicted octanol–water partition coefficient (Wildman–Crippen LogP) is 2.63. The summed E-state index contributed by atoms with van der Waals surface area (Å²) in [6.45, 7) is 7.17.